The molecule has 0 aliphatic carbocycles. The Hall–Kier alpha value is -13.8. The van der Waals surface area contributed by atoms with Crippen LogP contribution in [0.25, 0.3) is 66.8 Å². The molecule has 0 saturated heterocycles. The van der Waals surface area contributed by atoms with Gasteiger partial charge in [0, 0.05) is 111 Å². The summed E-state index contributed by atoms with van der Waals surface area (Å²) in [4.78, 5) is 0. The topological polar surface area (TPSA) is 9.23 Å². The summed E-state index contributed by atoms with van der Waals surface area (Å²) in [6.45, 7) is 0. The fourth-order valence-corrected chi connectivity index (χ4v) is 11.9. The Bertz CT molecular complexity index is 5190. The van der Waals surface area contributed by atoms with Crippen LogP contribution in [0.3, 0.4) is 0 Å². The van der Waals surface area contributed by atoms with Gasteiger partial charge >= 0.3 is 0 Å². The molecule has 0 amide bonds. The van der Waals surface area contributed by atoms with Gasteiger partial charge in [-0.2, -0.15) is 0 Å². The predicted octanol–water partition coefficient (Wildman–Crippen LogP) is 21.9. The quantitative estimate of drug-likeness (QED) is 0.138. The lowest BCUT2D eigenvalue weighted by Gasteiger charge is -2.28. The zero-order chi connectivity index (χ0) is 65.2. The zero-order valence-corrected chi connectivity index (χ0v) is 52.9. The summed E-state index contributed by atoms with van der Waals surface area (Å²) in [5.74, 6) is 45.7. The molecule has 0 bridgehead atoms. The van der Waals surface area contributed by atoms with Gasteiger partial charge in [-0.1, -0.05) is 338 Å². The number of ether oxygens (including phenoxy) is 1. The standard InChI is InChI=1S/C96H58O/c1-11-35-71(36-12-1)59-65-77-47-31-33-57-83(77)93-87(69-63-75-43-19-5-20-44-75)89(79-49-23-7-24-50-79)85(67-61-73-39-15-3-16-40-73)91(81-53-27-9-28-54-81)95(93)97-96-92(82-55-29-10-30-56-82)86(68-62-74-41-17-4-18-42-74)90(80-51-25-8-26-52-80)88(70-64-76-45-21-6-22-46-76)94(96)84-58-34-32-48-78(84)66-60-72-37-13-2-14-38-72/h1-58H. The Balaban J connectivity index is 1.26. The van der Waals surface area contributed by atoms with E-state index in [-0.39, 0.29) is 0 Å². The summed E-state index contributed by atoms with van der Waals surface area (Å²) in [5.41, 5.74) is 19.0. The average Bonchev–Trinajstić information content (AvgIpc) is 0.723. The highest BCUT2D eigenvalue weighted by Gasteiger charge is 2.33. The second-order valence-corrected chi connectivity index (χ2v) is 22.8. The lowest BCUT2D eigenvalue weighted by atomic mass is 9.80. The summed E-state index contributed by atoms with van der Waals surface area (Å²) >= 11 is 0. The van der Waals surface area contributed by atoms with Crippen molar-refractivity contribution in [3.8, 4) is 149 Å². The summed E-state index contributed by atoms with van der Waals surface area (Å²) in [6, 6.07) is 119. The molecule has 0 aliphatic rings. The number of hydrogen-bond donors (Lipinski definition) is 0. The van der Waals surface area contributed by atoms with Crippen LogP contribution in [0, 0.1) is 71.0 Å². The maximum absolute atomic E-state index is 8.74. The molecule has 0 atom stereocenters. The Labute approximate surface area is 569 Å². The van der Waals surface area contributed by atoms with Crippen molar-refractivity contribution >= 4 is 0 Å². The Morgan fingerprint density at radius 2 is 0.351 bits per heavy atom. The van der Waals surface area contributed by atoms with Crippen molar-refractivity contribution in [1.29, 1.82) is 0 Å². The van der Waals surface area contributed by atoms with E-state index in [9.17, 15) is 0 Å². The number of benzene rings is 14. The summed E-state index contributed by atoms with van der Waals surface area (Å²) in [6.07, 6.45) is 0. The van der Waals surface area contributed by atoms with E-state index in [0.717, 1.165) is 100 Å². The average molecular weight is 1230 g/mol. The third kappa shape index (κ3) is 14.0. The van der Waals surface area contributed by atoms with Gasteiger partial charge in [-0.15, -0.1) is 0 Å². The van der Waals surface area contributed by atoms with Crippen LogP contribution in [-0.4, -0.2) is 0 Å². The first-order valence-corrected chi connectivity index (χ1v) is 32.2. The van der Waals surface area contributed by atoms with Gasteiger partial charge in [0.1, 0.15) is 11.5 Å². The molecule has 0 heterocycles. The van der Waals surface area contributed by atoms with Crippen LogP contribution in [-0.2, 0) is 0 Å². The van der Waals surface area contributed by atoms with E-state index in [1.165, 1.54) is 0 Å². The fraction of sp³-hybridized carbons (Fsp3) is 0. The van der Waals surface area contributed by atoms with Crippen molar-refractivity contribution in [3.05, 3.63) is 419 Å². The molecular formula is C96H58O. The maximum Gasteiger partial charge on any atom is 0.145 e. The highest BCUT2D eigenvalue weighted by molar-refractivity contribution is 6.04. The molecule has 0 fully saturated rings. The third-order valence-electron chi connectivity index (χ3n) is 16.4. The number of hydrogen-bond acceptors (Lipinski definition) is 1. The molecule has 0 unspecified atom stereocenters. The van der Waals surface area contributed by atoms with E-state index >= 15 is 0 Å². The maximum atomic E-state index is 8.74. The summed E-state index contributed by atoms with van der Waals surface area (Å²) < 4.78 is 8.74. The predicted molar refractivity (Wildman–Crippen MR) is 400 cm³/mol. The van der Waals surface area contributed by atoms with E-state index in [4.69, 9.17) is 4.74 Å². The SMILES string of the molecule is C(#Cc1ccccc1-c1c(C#Cc2ccccc2)c(-c2ccccc2)c(C#Cc2ccccc2)c(-c2ccccc2)c1Oc1c(-c2ccccc2)c(C#Cc2ccccc2)c(-c2ccccc2)c(C#Cc2ccccc2)c1-c1ccccc1C#Cc1ccccc1)c1ccccc1. The second-order valence-electron chi connectivity index (χ2n) is 22.8. The molecule has 0 aliphatic heterocycles. The first-order chi connectivity index (χ1) is 48.2. The van der Waals surface area contributed by atoms with E-state index < -0.39 is 0 Å². The van der Waals surface area contributed by atoms with Crippen LogP contribution >= 0.6 is 0 Å². The van der Waals surface area contributed by atoms with Gasteiger partial charge in [0.2, 0.25) is 0 Å². The molecule has 0 aromatic heterocycles. The van der Waals surface area contributed by atoms with Crippen LogP contribution in [0.4, 0.5) is 0 Å². The highest BCUT2D eigenvalue weighted by atomic mass is 16.5. The van der Waals surface area contributed by atoms with Crippen molar-refractivity contribution < 1.29 is 4.74 Å². The monoisotopic (exact) mass is 1230 g/mol. The molecule has 0 N–H and O–H groups in total. The van der Waals surface area contributed by atoms with Gasteiger partial charge < -0.3 is 4.74 Å². The third-order valence-corrected chi connectivity index (χ3v) is 16.4. The lowest BCUT2D eigenvalue weighted by Crippen LogP contribution is -2.07. The first-order valence-electron chi connectivity index (χ1n) is 32.2. The van der Waals surface area contributed by atoms with Crippen LogP contribution in [0.5, 0.6) is 11.5 Å². The highest BCUT2D eigenvalue weighted by Crippen LogP contribution is 2.56. The van der Waals surface area contributed by atoms with Crippen molar-refractivity contribution in [1.82, 2.24) is 0 Å². The van der Waals surface area contributed by atoms with E-state index in [2.05, 4.69) is 205 Å². The molecule has 14 aromatic rings. The minimum atomic E-state index is 0.484. The van der Waals surface area contributed by atoms with Crippen molar-refractivity contribution in [2.45, 2.75) is 0 Å². The fourth-order valence-electron chi connectivity index (χ4n) is 11.9. The van der Waals surface area contributed by atoms with Crippen molar-refractivity contribution in [2.24, 2.45) is 0 Å². The smallest absolute Gasteiger partial charge is 0.145 e. The van der Waals surface area contributed by atoms with Crippen molar-refractivity contribution in [3.63, 3.8) is 0 Å². The van der Waals surface area contributed by atoms with Gasteiger partial charge in [0.15, 0.2) is 0 Å². The molecule has 14 rings (SSSR count). The Kier molecular flexibility index (Phi) is 18.6. The summed E-state index contributed by atoms with van der Waals surface area (Å²) in [5, 5.41) is 0. The van der Waals surface area contributed by atoms with Crippen LogP contribution in [0.15, 0.2) is 352 Å². The van der Waals surface area contributed by atoms with Gasteiger partial charge in [0.05, 0.1) is 0 Å². The van der Waals surface area contributed by atoms with Gasteiger partial charge in [-0.3, -0.25) is 0 Å². The lowest BCUT2D eigenvalue weighted by molar-refractivity contribution is 0.489. The van der Waals surface area contributed by atoms with Gasteiger partial charge in [0.25, 0.3) is 0 Å². The largest absolute Gasteiger partial charge is 0.455 e. The van der Waals surface area contributed by atoms with E-state index in [1.807, 2.05) is 218 Å². The van der Waals surface area contributed by atoms with Crippen LogP contribution in [0.1, 0.15) is 66.8 Å². The minimum Gasteiger partial charge on any atom is -0.455 e. The molecule has 1 heteroatoms. The molecule has 0 saturated carbocycles. The molecule has 14 aromatic carbocycles. The molecule has 0 radical (unpaired) electrons. The molecule has 1 nitrogen and oxygen atoms in total. The van der Waals surface area contributed by atoms with Crippen LogP contribution < -0.4 is 4.74 Å². The van der Waals surface area contributed by atoms with Crippen molar-refractivity contribution in [2.75, 3.05) is 0 Å². The van der Waals surface area contributed by atoms with Gasteiger partial charge in [-0.25, -0.2) is 0 Å². The molecule has 0 spiro atoms. The minimum absolute atomic E-state index is 0.484. The van der Waals surface area contributed by atoms with Gasteiger partial charge in [-0.05, 0) is 107 Å². The molecular weight excluding hydrogens is 1170 g/mol. The first kappa shape index (κ1) is 60.8. The normalized spacial score (nSPS) is 10.2. The second kappa shape index (κ2) is 29.7. The van der Waals surface area contributed by atoms with E-state index in [0.29, 0.717) is 44.9 Å². The molecule has 448 valence electrons. The Morgan fingerprint density at radius 1 is 0.155 bits per heavy atom. The zero-order valence-electron chi connectivity index (χ0n) is 52.9. The Morgan fingerprint density at radius 3 is 0.608 bits per heavy atom. The number of rotatable bonds is 8. The van der Waals surface area contributed by atoms with E-state index in [1.54, 1.807) is 0 Å². The molecule has 97 heavy (non-hydrogen) atoms. The summed E-state index contributed by atoms with van der Waals surface area (Å²) in [7, 11) is 0. The van der Waals surface area contributed by atoms with Crippen LogP contribution in [0.2, 0.25) is 0 Å².